The Morgan fingerprint density at radius 1 is 1.56 bits per heavy atom. The van der Waals surface area contributed by atoms with Gasteiger partial charge in [-0.2, -0.15) is 0 Å². The van der Waals surface area contributed by atoms with Crippen LogP contribution in [0.25, 0.3) is 0 Å². The van der Waals surface area contributed by atoms with Gasteiger partial charge in [-0.3, -0.25) is 4.79 Å². The van der Waals surface area contributed by atoms with E-state index in [1.54, 1.807) is 6.92 Å². The summed E-state index contributed by atoms with van der Waals surface area (Å²) in [6.45, 7) is 5.23. The number of aliphatic hydroxyl groups is 1. The molecule has 4 heteroatoms. The summed E-state index contributed by atoms with van der Waals surface area (Å²) in [6, 6.07) is 5.82. The molecule has 1 heterocycles. The lowest BCUT2D eigenvalue weighted by Gasteiger charge is -2.19. The van der Waals surface area contributed by atoms with E-state index >= 15 is 0 Å². The maximum absolute atomic E-state index is 12.4. The number of hydrogen-bond acceptors (Lipinski definition) is 2. The predicted octanol–water partition coefficient (Wildman–Crippen LogP) is 2.44. The van der Waals surface area contributed by atoms with Crippen molar-refractivity contribution in [2.24, 2.45) is 5.92 Å². The number of halogens is 1. The molecule has 0 radical (unpaired) electrons. The summed E-state index contributed by atoms with van der Waals surface area (Å²) in [6.07, 6.45) is 0.561. The highest BCUT2D eigenvalue weighted by Gasteiger charge is 2.30. The van der Waals surface area contributed by atoms with E-state index in [0.717, 1.165) is 27.7 Å². The minimum absolute atomic E-state index is 0.0891. The summed E-state index contributed by atoms with van der Waals surface area (Å²) in [5.41, 5.74) is 1.91. The van der Waals surface area contributed by atoms with Crippen molar-refractivity contribution in [2.75, 3.05) is 13.1 Å². The second-order valence-corrected chi connectivity index (χ2v) is 6.06. The average molecular weight is 359 g/mol. The molecule has 18 heavy (non-hydrogen) atoms. The molecule has 1 aliphatic rings. The van der Waals surface area contributed by atoms with Gasteiger partial charge < -0.3 is 10.0 Å². The molecule has 1 amide bonds. The van der Waals surface area contributed by atoms with Crippen LogP contribution >= 0.6 is 22.6 Å². The Morgan fingerprint density at radius 2 is 2.28 bits per heavy atom. The van der Waals surface area contributed by atoms with Crippen LogP contribution in [0.3, 0.4) is 0 Å². The Labute approximate surface area is 121 Å². The van der Waals surface area contributed by atoms with Crippen LogP contribution in [-0.2, 0) is 0 Å². The van der Waals surface area contributed by atoms with E-state index in [4.69, 9.17) is 0 Å². The molecule has 2 atom stereocenters. The van der Waals surface area contributed by atoms with Gasteiger partial charge in [0.2, 0.25) is 0 Å². The second kappa shape index (κ2) is 5.57. The van der Waals surface area contributed by atoms with Crippen molar-refractivity contribution in [3.8, 4) is 0 Å². The molecule has 1 aliphatic heterocycles. The van der Waals surface area contributed by atoms with Crippen LogP contribution in [0.4, 0.5) is 0 Å². The van der Waals surface area contributed by atoms with Crippen molar-refractivity contribution in [2.45, 2.75) is 26.4 Å². The van der Waals surface area contributed by atoms with Gasteiger partial charge in [0.15, 0.2) is 0 Å². The SMILES string of the molecule is Cc1cccc(C(=O)N2CCC(C(C)O)C2)c1I. The first-order valence-corrected chi connectivity index (χ1v) is 7.31. The molecule has 1 fully saturated rings. The molecule has 1 aromatic carbocycles. The Kier molecular flexibility index (Phi) is 4.27. The number of aliphatic hydroxyl groups excluding tert-OH is 1. The quantitative estimate of drug-likeness (QED) is 0.825. The molecule has 0 spiro atoms. The Balaban J connectivity index is 2.16. The fourth-order valence-corrected chi connectivity index (χ4v) is 2.94. The van der Waals surface area contributed by atoms with Crippen molar-refractivity contribution < 1.29 is 9.90 Å². The van der Waals surface area contributed by atoms with Crippen LogP contribution in [0, 0.1) is 16.4 Å². The molecule has 2 unspecified atom stereocenters. The molecule has 0 aromatic heterocycles. The van der Waals surface area contributed by atoms with Crippen LogP contribution < -0.4 is 0 Å². The number of benzene rings is 1. The Morgan fingerprint density at radius 3 is 2.89 bits per heavy atom. The summed E-state index contributed by atoms with van der Waals surface area (Å²) >= 11 is 2.23. The molecule has 98 valence electrons. The number of aryl methyl sites for hydroxylation is 1. The standard InChI is InChI=1S/C14H18INO2/c1-9-4-3-5-12(13(9)15)14(18)16-7-6-11(8-16)10(2)17/h3-5,10-11,17H,6-8H2,1-2H3. The molecule has 1 aromatic rings. The highest BCUT2D eigenvalue weighted by Crippen LogP contribution is 2.24. The van der Waals surface area contributed by atoms with E-state index in [-0.39, 0.29) is 17.9 Å². The molecule has 1 N–H and O–H groups in total. The number of amides is 1. The predicted molar refractivity (Wildman–Crippen MR) is 79.6 cm³/mol. The lowest BCUT2D eigenvalue weighted by Crippen LogP contribution is -2.31. The Bertz CT molecular complexity index is 459. The van der Waals surface area contributed by atoms with E-state index in [1.165, 1.54) is 0 Å². The van der Waals surface area contributed by atoms with Gasteiger partial charge in [-0.25, -0.2) is 0 Å². The number of rotatable bonds is 2. The van der Waals surface area contributed by atoms with Crippen LogP contribution in [0.2, 0.25) is 0 Å². The van der Waals surface area contributed by atoms with Crippen molar-refractivity contribution >= 4 is 28.5 Å². The van der Waals surface area contributed by atoms with Crippen LogP contribution in [0.5, 0.6) is 0 Å². The van der Waals surface area contributed by atoms with Crippen molar-refractivity contribution in [1.82, 2.24) is 4.90 Å². The second-order valence-electron chi connectivity index (χ2n) is 4.98. The summed E-state index contributed by atoms with van der Waals surface area (Å²) < 4.78 is 1.03. The number of hydrogen-bond donors (Lipinski definition) is 1. The fourth-order valence-electron chi connectivity index (χ4n) is 2.35. The van der Waals surface area contributed by atoms with Gasteiger partial charge in [0, 0.05) is 22.6 Å². The first-order valence-electron chi connectivity index (χ1n) is 6.23. The first kappa shape index (κ1) is 13.8. The summed E-state index contributed by atoms with van der Waals surface area (Å²) in [5, 5.41) is 9.58. The van der Waals surface area contributed by atoms with Gasteiger partial charge in [0.1, 0.15) is 0 Å². The van der Waals surface area contributed by atoms with Gasteiger partial charge in [-0.05, 0) is 54.5 Å². The molecular formula is C14H18INO2. The lowest BCUT2D eigenvalue weighted by atomic mass is 10.0. The largest absolute Gasteiger partial charge is 0.393 e. The normalized spacial score (nSPS) is 21.1. The summed E-state index contributed by atoms with van der Waals surface area (Å²) in [7, 11) is 0. The van der Waals surface area contributed by atoms with E-state index in [1.807, 2.05) is 30.0 Å². The van der Waals surface area contributed by atoms with Crippen LogP contribution in [0.1, 0.15) is 29.3 Å². The molecular weight excluding hydrogens is 341 g/mol. The zero-order valence-electron chi connectivity index (χ0n) is 10.7. The van der Waals surface area contributed by atoms with E-state index in [2.05, 4.69) is 22.6 Å². The summed E-state index contributed by atoms with van der Waals surface area (Å²) in [4.78, 5) is 14.3. The van der Waals surface area contributed by atoms with E-state index in [9.17, 15) is 9.90 Å². The van der Waals surface area contributed by atoms with Crippen molar-refractivity contribution in [3.05, 3.63) is 32.9 Å². The highest BCUT2D eigenvalue weighted by molar-refractivity contribution is 14.1. The zero-order chi connectivity index (χ0) is 13.3. The van der Waals surface area contributed by atoms with Crippen LogP contribution in [-0.4, -0.2) is 35.1 Å². The van der Waals surface area contributed by atoms with Crippen molar-refractivity contribution in [3.63, 3.8) is 0 Å². The number of nitrogens with zero attached hydrogens (tertiary/aromatic N) is 1. The molecule has 0 bridgehead atoms. The molecule has 0 aliphatic carbocycles. The van der Waals surface area contributed by atoms with E-state index < -0.39 is 0 Å². The third-order valence-electron chi connectivity index (χ3n) is 3.62. The first-order chi connectivity index (χ1) is 8.50. The van der Waals surface area contributed by atoms with Gasteiger partial charge >= 0.3 is 0 Å². The summed E-state index contributed by atoms with van der Waals surface area (Å²) in [5.74, 6) is 0.308. The fraction of sp³-hybridized carbons (Fsp3) is 0.500. The van der Waals surface area contributed by atoms with Crippen LogP contribution in [0.15, 0.2) is 18.2 Å². The minimum atomic E-state index is -0.334. The maximum Gasteiger partial charge on any atom is 0.254 e. The monoisotopic (exact) mass is 359 g/mol. The number of carbonyl (C=O) groups excluding carboxylic acids is 1. The minimum Gasteiger partial charge on any atom is -0.393 e. The van der Waals surface area contributed by atoms with Gasteiger partial charge in [0.25, 0.3) is 5.91 Å². The third kappa shape index (κ3) is 2.69. The zero-order valence-corrected chi connectivity index (χ0v) is 12.8. The topological polar surface area (TPSA) is 40.5 Å². The molecule has 2 rings (SSSR count). The maximum atomic E-state index is 12.4. The number of carbonyl (C=O) groups is 1. The van der Waals surface area contributed by atoms with E-state index in [0.29, 0.717) is 6.54 Å². The molecule has 1 saturated heterocycles. The molecule has 0 saturated carbocycles. The van der Waals surface area contributed by atoms with Crippen molar-refractivity contribution in [1.29, 1.82) is 0 Å². The van der Waals surface area contributed by atoms with Gasteiger partial charge in [-0.15, -0.1) is 0 Å². The number of likely N-dealkylation sites (tertiary alicyclic amines) is 1. The van der Waals surface area contributed by atoms with Gasteiger partial charge in [0.05, 0.1) is 11.7 Å². The Hall–Kier alpha value is -0.620. The average Bonchev–Trinajstić information content (AvgIpc) is 2.81. The lowest BCUT2D eigenvalue weighted by molar-refractivity contribution is 0.0761. The highest BCUT2D eigenvalue weighted by atomic mass is 127. The smallest absolute Gasteiger partial charge is 0.254 e. The van der Waals surface area contributed by atoms with Gasteiger partial charge in [-0.1, -0.05) is 12.1 Å². The molecule has 3 nitrogen and oxygen atoms in total. The third-order valence-corrected chi connectivity index (χ3v) is 5.05.